The van der Waals surface area contributed by atoms with Crippen LogP contribution in [0.4, 0.5) is 4.39 Å². The van der Waals surface area contributed by atoms with E-state index in [4.69, 9.17) is 4.74 Å². The van der Waals surface area contributed by atoms with Crippen molar-refractivity contribution in [2.45, 2.75) is 38.1 Å². The normalized spacial score (nSPS) is 28.0. The van der Waals surface area contributed by atoms with Crippen LogP contribution in [0.15, 0.2) is 12.1 Å². The van der Waals surface area contributed by atoms with Gasteiger partial charge in [-0.1, -0.05) is 6.92 Å². The van der Waals surface area contributed by atoms with Gasteiger partial charge in [0, 0.05) is 11.8 Å². The lowest BCUT2D eigenvalue weighted by Crippen LogP contribution is -2.42. The van der Waals surface area contributed by atoms with Crippen LogP contribution >= 0.6 is 0 Å². The molecule has 4 nitrogen and oxygen atoms in total. The number of ether oxygens (including phenoxy) is 1. The number of phenols is 1. The molecule has 2 N–H and O–H groups in total. The smallest absolute Gasteiger partial charge is 0.165 e. The number of hydrogen-bond acceptors (Lipinski definition) is 4. The van der Waals surface area contributed by atoms with E-state index in [1.807, 2.05) is 13.3 Å². The van der Waals surface area contributed by atoms with E-state index in [9.17, 15) is 14.3 Å². The molecule has 2 aliphatic rings. The van der Waals surface area contributed by atoms with Crippen LogP contribution in [0.2, 0.25) is 0 Å². The van der Waals surface area contributed by atoms with Crippen LogP contribution in [0.5, 0.6) is 5.75 Å². The first-order valence-corrected chi connectivity index (χ1v) is 8.31. The fraction of sp³-hybridized carbons (Fsp3) is 0.556. The van der Waals surface area contributed by atoms with Crippen LogP contribution in [0.25, 0.3) is 0 Å². The van der Waals surface area contributed by atoms with E-state index in [-0.39, 0.29) is 29.4 Å². The predicted octanol–water partition coefficient (Wildman–Crippen LogP) is 2.35. The summed E-state index contributed by atoms with van der Waals surface area (Å²) in [6, 6.07) is 2.73. The minimum atomic E-state index is -0.637. The van der Waals surface area contributed by atoms with E-state index in [1.165, 1.54) is 12.1 Å². The van der Waals surface area contributed by atoms with Crippen molar-refractivity contribution in [3.63, 3.8) is 0 Å². The van der Waals surface area contributed by atoms with Gasteiger partial charge in [0.25, 0.3) is 0 Å². The van der Waals surface area contributed by atoms with E-state index in [0.29, 0.717) is 19.6 Å². The maximum Gasteiger partial charge on any atom is 0.165 e. The minimum Gasteiger partial charge on any atom is -0.505 e. The van der Waals surface area contributed by atoms with Crippen molar-refractivity contribution in [2.75, 3.05) is 19.8 Å². The van der Waals surface area contributed by atoms with Crippen molar-refractivity contribution in [2.24, 2.45) is 5.92 Å². The molecule has 0 aliphatic carbocycles. The van der Waals surface area contributed by atoms with Crippen molar-refractivity contribution in [3.8, 4) is 5.75 Å². The van der Waals surface area contributed by atoms with Crippen molar-refractivity contribution >= 4 is 5.78 Å². The zero-order valence-electron chi connectivity index (χ0n) is 13.3. The van der Waals surface area contributed by atoms with Crippen LogP contribution < -0.4 is 5.32 Å². The van der Waals surface area contributed by atoms with Crippen molar-refractivity contribution in [1.29, 1.82) is 0 Å². The standard InChI is InChI=1S/C18H23FNO3/c1-2-11-8-17(21)15(19)9-13(11)12-5-7-23-10-14(12)18(22)16-4-3-6-20-16/h5,8-9,12,14,16,20-21H,2-4,6-7,10H2,1H3/t12?,14?,16-/m0/s1. The third kappa shape index (κ3) is 3.26. The molecule has 0 bridgehead atoms. The number of aryl methyl sites for hydroxylation is 1. The largest absolute Gasteiger partial charge is 0.505 e. The number of phenolic OH excluding ortho intramolecular Hbond substituents is 1. The summed E-state index contributed by atoms with van der Waals surface area (Å²) in [5.41, 5.74) is 1.67. The molecule has 3 atom stereocenters. The van der Waals surface area contributed by atoms with Crippen molar-refractivity contribution in [3.05, 3.63) is 35.5 Å². The molecular formula is C18H23FNO3. The fourth-order valence-corrected chi connectivity index (χ4v) is 3.66. The van der Waals surface area contributed by atoms with Gasteiger partial charge in [-0.3, -0.25) is 4.79 Å². The number of carbonyl (C=O) groups excluding carboxylic acids is 1. The highest BCUT2D eigenvalue weighted by Crippen LogP contribution is 2.37. The van der Waals surface area contributed by atoms with Gasteiger partial charge in [0.2, 0.25) is 0 Å². The van der Waals surface area contributed by atoms with E-state index in [0.717, 1.165) is 30.5 Å². The van der Waals surface area contributed by atoms with Gasteiger partial charge < -0.3 is 15.2 Å². The van der Waals surface area contributed by atoms with Crippen LogP contribution in [0.1, 0.15) is 36.8 Å². The Kier molecular flexibility index (Phi) is 4.97. The quantitative estimate of drug-likeness (QED) is 0.894. The van der Waals surface area contributed by atoms with Gasteiger partial charge in [-0.15, -0.1) is 0 Å². The predicted molar refractivity (Wildman–Crippen MR) is 84.8 cm³/mol. The third-order valence-corrected chi connectivity index (χ3v) is 4.92. The zero-order chi connectivity index (χ0) is 16.4. The SMILES string of the molecule is CCc1cc(O)c(F)cc1C1[CH]COCC1C(=O)[C@@H]1CCCN1. The molecule has 1 radical (unpaired) electrons. The fourth-order valence-electron chi connectivity index (χ4n) is 3.66. The first-order valence-electron chi connectivity index (χ1n) is 8.31. The highest BCUT2D eigenvalue weighted by molar-refractivity contribution is 5.88. The van der Waals surface area contributed by atoms with Gasteiger partial charge in [0.05, 0.1) is 19.3 Å². The molecule has 0 saturated carbocycles. The topological polar surface area (TPSA) is 58.6 Å². The van der Waals surface area contributed by atoms with Crippen LogP contribution in [-0.2, 0) is 16.0 Å². The van der Waals surface area contributed by atoms with Gasteiger partial charge in [0.1, 0.15) is 0 Å². The Hall–Kier alpha value is -1.46. The monoisotopic (exact) mass is 320 g/mol. The number of benzene rings is 1. The zero-order valence-corrected chi connectivity index (χ0v) is 13.3. The lowest BCUT2D eigenvalue weighted by molar-refractivity contribution is -0.128. The Morgan fingerprint density at radius 1 is 1.48 bits per heavy atom. The number of aromatic hydroxyl groups is 1. The number of Topliss-reactive ketones (excluding diaryl/α,β-unsaturated/α-hetero) is 1. The van der Waals surface area contributed by atoms with E-state index >= 15 is 0 Å². The van der Waals surface area contributed by atoms with Crippen LogP contribution in [0.3, 0.4) is 0 Å². The molecule has 2 saturated heterocycles. The Morgan fingerprint density at radius 3 is 3.00 bits per heavy atom. The molecule has 0 aromatic heterocycles. The Balaban J connectivity index is 1.92. The summed E-state index contributed by atoms with van der Waals surface area (Å²) in [7, 11) is 0. The highest BCUT2D eigenvalue weighted by atomic mass is 19.1. The molecular weight excluding hydrogens is 297 g/mol. The van der Waals surface area contributed by atoms with Gasteiger partial charge in [-0.25, -0.2) is 4.39 Å². The molecule has 2 aliphatic heterocycles. The molecule has 3 rings (SSSR count). The van der Waals surface area contributed by atoms with Crippen molar-refractivity contribution in [1.82, 2.24) is 5.32 Å². The Bertz CT molecular complexity index is 584. The van der Waals surface area contributed by atoms with E-state index in [2.05, 4.69) is 5.32 Å². The number of halogens is 1. The number of nitrogens with one attached hydrogen (secondary N) is 1. The molecule has 0 amide bonds. The third-order valence-electron chi connectivity index (χ3n) is 4.92. The summed E-state index contributed by atoms with van der Waals surface area (Å²) in [6.45, 7) is 3.65. The summed E-state index contributed by atoms with van der Waals surface area (Å²) in [6.07, 6.45) is 4.49. The van der Waals surface area contributed by atoms with Gasteiger partial charge >= 0.3 is 0 Å². The molecule has 23 heavy (non-hydrogen) atoms. The molecule has 0 spiro atoms. The summed E-state index contributed by atoms with van der Waals surface area (Å²) < 4.78 is 19.4. The summed E-state index contributed by atoms with van der Waals surface area (Å²) in [5.74, 6) is -1.28. The Morgan fingerprint density at radius 2 is 2.30 bits per heavy atom. The first kappa shape index (κ1) is 16.4. The van der Waals surface area contributed by atoms with Gasteiger partial charge in [-0.05, 0) is 55.5 Å². The van der Waals surface area contributed by atoms with Gasteiger partial charge in [0.15, 0.2) is 17.3 Å². The highest BCUT2D eigenvalue weighted by Gasteiger charge is 2.38. The minimum absolute atomic E-state index is 0.121. The molecule has 2 unspecified atom stereocenters. The van der Waals surface area contributed by atoms with Crippen molar-refractivity contribution < 1.29 is 19.0 Å². The maximum atomic E-state index is 13.9. The number of hydrogen-bond donors (Lipinski definition) is 2. The molecule has 2 heterocycles. The van der Waals surface area contributed by atoms with E-state index < -0.39 is 5.82 Å². The van der Waals surface area contributed by atoms with E-state index in [1.54, 1.807) is 0 Å². The molecule has 5 heteroatoms. The molecule has 2 fully saturated rings. The first-order chi connectivity index (χ1) is 11.1. The second-order valence-corrected chi connectivity index (χ2v) is 6.31. The van der Waals surface area contributed by atoms with Gasteiger partial charge in [-0.2, -0.15) is 0 Å². The summed E-state index contributed by atoms with van der Waals surface area (Å²) in [5, 5.41) is 12.9. The summed E-state index contributed by atoms with van der Waals surface area (Å²) >= 11 is 0. The lowest BCUT2D eigenvalue weighted by atomic mass is 9.76. The number of carbonyl (C=O) groups is 1. The molecule has 1 aromatic carbocycles. The second-order valence-electron chi connectivity index (χ2n) is 6.31. The maximum absolute atomic E-state index is 13.9. The second kappa shape index (κ2) is 6.97. The average Bonchev–Trinajstić information content (AvgIpc) is 3.11. The van der Waals surface area contributed by atoms with Crippen LogP contribution in [-0.4, -0.2) is 36.7 Å². The van der Waals surface area contributed by atoms with Crippen LogP contribution in [0, 0.1) is 18.2 Å². The average molecular weight is 320 g/mol. The number of ketones is 1. The molecule has 125 valence electrons. The number of rotatable bonds is 4. The summed E-state index contributed by atoms with van der Waals surface area (Å²) in [4.78, 5) is 12.8. The molecule has 1 aromatic rings. The Labute approximate surface area is 136 Å². The lowest BCUT2D eigenvalue weighted by Gasteiger charge is -2.33.